The maximum atomic E-state index is 12.0. The Kier molecular flexibility index (Phi) is 4.36. The molecule has 0 aromatic heterocycles. The molecule has 0 aliphatic carbocycles. The van der Waals surface area contributed by atoms with Crippen LogP contribution >= 0.6 is 0 Å². The SMILES string of the molecule is CN(CC(=O)NCC1CCCO1)C1=NS(=O)(=O)c2ccccc21. The summed E-state index contributed by atoms with van der Waals surface area (Å²) in [4.78, 5) is 13.8. The molecule has 1 saturated heterocycles. The van der Waals surface area contributed by atoms with E-state index in [0.29, 0.717) is 17.9 Å². The highest BCUT2D eigenvalue weighted by molar-refractivity contribution is 7.90. The third-order valence-corrected chi connectivity index (χ3v) is 5.23. The summed E-state index contributed by atoms with van der Waals surface area (Å²) in [6.07, 6.45) is 2.05. The molecule has 1 aromatic rings. The van der Waals surface area contributed by atoms with Crippen molar-refractivity contribution >= 4 is 21.8 Å². The highest BCUT2D eigenvalue weighted by Gasteiger charge is 2.31. The molecular weight excluding hydrogens is 318 g/mol. The van der Waals surface area contributed by atoms with Gasteiger partial charge in [-0.15, -0.1) is 4.40 Å². The number of fused-ring (bicyclic) bond motifs is 1. The van der Waals surface area contributed by atoms with Gasteiger partial charge in [0, 0.05) is 25.8 Å². The molecule has 3 rings (SSSR count). The van der Waals surface area contributed by atoms with Crippen LogP contribution in [0.3, 0.4) is 0 Å². The van der Waals surface area contributed by atoms with E-state index in [1.807, 2.05) is 0 Å². The molecule has 1 N–H and O–H groups in total. The van der Waals surface area contributed by atoms with Gasteiger partial charge < -0.3 is 15.0 Å². The van der Waals surface area contributed by atoms with E-state index < -0.39 is 10.0 Å². The zero-order valence-electron chi connectivity index (χ0n) is 12.9. The number of nitrogens with one attached hydrogen (secondary N) is 1. The quantitative estimate of drug-likeness (QED) is 0.857. The minimum absolute atomic E-state index is 0.0371. The zero-order valence-corrected chi connectivity index (χ0v) is 13.7. The lowest BCUT2D eigenvalue weighted by Crippen LogP contribution is -2.40. The van der Waals surface area contributed by atoms with Crippen molar-refractivity contribution < 1.29 is 17.9 Å². The lowest BCUT2D eigenvalue weighted by Gasteiger charge is -2.19. The number of likely N-dealkylation sites (N-methyl/N-ethyl adjacent to an activating group) is 1. The largest absolute Gasteiger partial charge is 0.376 e. The Morgan fingerprint density at radius 3 is 2.96 bits per heavy atom. The first-order chi connectivity index (χ1) is 11.0. The normalized spacial score (nSPS) is 21.6. The van der Waals surface area contributed by atoms with Gasteiger partial charge in [-0.25, -0.2) is 0 Å². The molecular formula is C15H19N3O4S. The molecule has 7 nitrogen and oxygen atoms in total. The Morgan fingerprint density at radius 2 is 2.22 bits per heavy atom. The van der Waals surface area contributed by atoms with Gasteiger partial charge in [0.25, 0.3) is 10.0 Å². The molecule has 2 aliphatic heterocycles. The van der Waals surface area contributed by atoms with Crippen LogP contribution in [0.25, 0.3) is 0 Å². The van der Waals surface area contributed by atoms with Crippen LogP contribution in [0.2, 0.25) is 0 Å². The fourth-order valence-corrected chi connectivity index (χ4v) is 3.99. The van der Waals surface area contributed by atoms with Gasteiger partial charge in [-0.1, -0.05) is 12.1 Å². The molecule has 0 bridgehead atoms. The molecule has 1 aromatic carbocycles. The van der Waals surface area contributed by atoms with Crippen molar-refractivity contribution in [2.75, 3.05) is 26.7 Å². The van der Waals surface area contributed by atoms with E-state index >= 15 is 0 Å². The summed E-state index contributed by atoms with van der Waals surface area (Å²) in [5, 5.41) is 2.81. The smallest absolute Gasteiger partial charge is 0.285 e. The molecule has 1 unspecified atom stereocenters. The van der Waals surface area contributed by atoms with Crippen molar-refractivity contribution in [3.05, 3.63) is 29.8 Å². The lowest BCUT2D eigenvalue weighted by atomic mass is 10.2. The Morgan fingerprint density at radius 1 is 1.43 bits per heavy atom. The first kappa shape index (κ1) is 15.9. The summed E-state index contributed by atoms with van der Waals surface area (Å²) in [5.74, 6) is 0.111. The van der Waals surface area contributed by atoms with Crippen molar-refractivity contribution in [2.24, 2.45) is 4.40 Å². The van der Waals surface area contributed by atoms with Crippen LogP contribution in [0, 0.1) is 0 Å². The number of ether oxygens (including phenoxy) is 1. The minimum atomic E-state index is -3.67. The lowest BCUT2D eigenvalue weighted by molar-refractivity contribution is -0.121. The third kappa shape index (κ3) is 3.37. The van der Waals surface area contributed by atoms with Gasteiger partial charge in [-0.05, 0) is 25.0 Å². The van der Waals surface area contributed by atoms with Gasteiger partial charge in [0.1, 0.15) is 4.90 Å². The van der Waals surface area contributed by atoms with Crippen molar-refractivity contribution in [2.45, 2.75) is 23.8 Å². The van der Waals surface area contributed by atoms with Gasteiger partial charge in [-0.3, -0.25) is 4.79 Å². The summed E-state index contributed by atoms with van der Waals surface area (Å²) < 4.78 is 33.3. The second kappa shape index (κ2) is 6.29. The van der Waals surface area contributed by atoms with E-state index in [1.54, 1.807) is 30.1 Å². The molecule has 2 heterocycles. The third-order valence-electron chi connectivity index (χ3n) is 3.91. The standard InChI is InChI=1S/C15H19N3O4S/c1-18(10-14(19)16-9-11-5-4-8-22-11)15-12-6-2-3-7-13(12)23(20,21)17-15/h2-3,6-7,11H,4-5,8-10H2,1H3,(H,16,19). The average Bonchev–Trinajstić information content (AvgIpc) is 3.12. The molecule has 0 radical (unpaired) electrons. The zero-order chi connectivity index (χ0) is 16.4. The van der Waals surface area contributed by atoms with Crippen molar-refractivity contribution in [1.29, 1.82) is 0 Å². The van der Waals surface area contributed by atoms with Crippen LogP contribution in [-0.2, 0) is 19.6 Å². The van der Waals surface area contributed by atoms with E-state index in [2.05, 4.69) is 9.71 Å². The number of rotatable bonds is 4. The number of benzene rings is 1. The monoisotopic (exact) mass is 337 g/mol. The number of sulfonamides is 1. The van der Waals surface area contributed by atoms with E-state index in [1.165, 1.54) is 6.07 Å². The molecule has 0 saturated carbocycles. The first-order valence-electron chi connectivity index (χ1n) is 7.51. The summed E-state index contributed by atoms with van der Waals surface area (Å²) in [6.45, 7) is 1.26. The Hall–Kier alpha value is -1.93. The molecule has 0 spiro atoms. The van der Waals surface area contributed by atoms with E-state index in [0.717, 1.165) is 19.4 Å². The fraction of sp³-hybridized carbons (Fsp3) is 0.467. The number of carbonyl (C=O) groups excluding carboxylic acids is 1. The Bertz CT molecular complexity index is 739. The highest BCUT2D eigenvalue weighted by atomic mass is 32.2. The number of hydrogen-bond acceptors (Lipinski definition) is 5. The predicted molar refractivity (Wildman–Crippen MR) is 84.8 cm³/mol. The van der Waals surface area contributed by atoms with Crippen LogP contribution in [0.15, 0.2) is 33.6 Å². The molecule has 2 aliphatic rings. The van der Waals surface area contributed by atoms with Crippen molar-refractivity contribution in [3.8, 4) is 0 Å². The van der Waals surface area contributed by atoms with Gasteiger partial charge in [0.05, 0.1) is 12.6 Å². The van der Waals surface area contributed by atoms with Crippen molar-refractivity contribution in [1.82, 2.24) is 10.2 Å². The fourth-order valence-electron chi connectivity index (χ4n) is 2.74. The minimum Gasteiger partial charge on any atom is -0.376 e. The Balaban J connectivity index is 1.64. The van der Waals surface area contributed by atoms with Crippen LogP contribution in [0.1, 0.15) is 18.4 Å². The average molecular weight is 337 g/mol. The topological polar surface area (TPSA) is 88.1 Å². The van der Waals surface area contributed by atoms with E-state index in [9.17, 15) is 13.2 Å². The van der Waals surface area contributed by atoms with Crippen molar-refractivity contribution in [3.63, 3.8) is 0 Å². The molecule has 8 heteroatoms. The first-order valence-corrected chi connectivity index (χ1v) is 8.95. The van der Waals surface area contributed by atoms with Crippen LogP contribution < -0.4 is 5.32 Å². The predicted octanol–water partition coefficient (Wildman–Crippen LogP) is 0.363. The number of amides is 1. The number of carbonyl (C=O) groups is 1. The maximum absolute atomic E-state index is 12.0. The van der Waals surface area contributed by atoms with Gasteiger partial charge >= 0.3 is 0 Å². The van der Waals surface area contributed by atoms with E-state index in [4.69, 9.17) is 4.74 Å². The highest BCUT2D eigenvalue weighted by Crippen LogP contribution is 2.26. The number of nitrogens with zero attached hydrogens (tertiary/aromatic N) is 2. The van der Waals surface area contributed by atoms with Gasteiger partial charge in [0.15, 0.2) is 5.84 Å². The van der Waals surface area contributed by atoms with Crippen LogP contribution in [0.5, 0.6) is 0 Å². The summed E-state index contributed by atoms with van der Waals surface area (Å²) in [5.41, 5.74) is 0.530. The second-order valence-corrected chi connectivity index (χ2v) is 7.25. The van der Waals surface area contributed by atoms with Crippen LogP contribution in [0.4, 0.5) is 0 Å². The molecule has 1 atom stereocenters. The molecule has 23 heavy (non-hydrogen) atoms. The summed E-state index contributed by atoms with van der Waals surface area (Å²) in [7, 11) is -2.01. The van der Waals surface area contributed by atoms with Crippen LogP contribution in [-0.4, -0.2) is 57.9 Å². The number of hydrogen-bond donors (Lipinski definition) is 1. The molecule has 1 fully saturated rings. The molecule has 1 amide bonds. The Labute approximate surface area is 135 Å². The summed E-state index contributed by atoms with van der Waals surface area (Å²) in [6, 6.07) is 6.62. The van der Waals surface area contributed by atoms with Gasteiger partial charge in [0.2, 0.25) is 5.91 Å². The number of amidine groups is 1. The van der Waals surface area contributed by atoms with E-state index in [-0.39, 0.29) is 23.5 Å². The summed E-state index contributed by atoms with van der Waals surface area (Å²) >= 11 is 0. The molecule has 124 valence electrons. The second-order valence-electron chi connectivity index (χ2n) is 5.68. The maximum Gasteiger partial charge on any atom is 0.285 e. The van der Waals surface area contributed by atoms with Gasteiger partial charge in [-0.2, -0.15) is 8.42 Å².